The first-order valence-corrected chi connectivity index (χ1v) is 12.5. The lowest BCUT2D eigenvalue weighted by molar-refractivity contribution is -0.130. The van der Waals surface area contributed by atoms with Crippen molar-refractivity contribution in [3.05, 3.63) is 65.9 Å². The van der Waals surface area contributed by atoms with E-state index in [2.05, 4.69) is 15.6 Å². The van der Waals surface area contributed by atoms with Crippen LogP contribution >= 0.6 is 0 Å². The van der Waals surface area contributed by atoms with Crippen LogP contribution in [0.4, 0.5) is 5.69 Å². The Morgan fingerprint density at radius 2 is 1.89 bits per heavy atom. The Balaban J connectivity index is 1.49. The average Bonchev–Trinajstić information content (AvgIpc) is 3.26. The number of aromatic nitrogens is 1. The zero-order valence-corrected chi connectivity index (χ0v) is 20.8. The summed E-state index contributed by atoms with van der Waals surface area (Å²) in [7, 11) is 0. The Morgan fingerprint density at radius 3 is 2.67 bits per heavy atom. The number of nitrogens with two attached hydrogens (primary N) is 1. The van der Waals surface area contributed by atoms with Crippen LogP contribution in [0.3, 0.4) is 0 Å². The summed E-state index contributed by atoms with van der Waals surface area (Å²) in [5.74, 6) is -0.516. The number of carbonyl (C=O) groups excluding carboxylic acids is 3. The zero-order valence-electron chi connectivity index (χ0n) is 20.8. The highest BCUT2D eigenvalue weighted by molar-refractivity contribution is 6.02. The van der Waals surface area contributed by atoms with Gasteiger partial charge in [-0.25, -0.2) is 0 Å². The number of para-hydroxylation sites is 2. The third-order valence-corrected chi connectivity index (χ3v) is 7.56. The number of fused-ring (bicyclic) bond motifs is 3. The number of hydrogen-bond donors (Lipinski definition) is 4. The van der Waals surface area contributed by atoms with Gasteiger partial charge in [-0.1, -0.05) is 36.4 Å². The van der Waals surface area contributed by atoms with Crippen LogP contribution in [-0.4, -0.2) is 47.4 Å². The number of rotatable bonds is 5. The maximum Gasteiger partial charge on any atom is 0.249 e. The smallest absolute Gasteiger partial charge is 0.249 e. The van der Waals surface area contributed by atoms with Crippen LogP contribution in [0.25, 0.3) is 10.9 Å². The normalized spacial score (nSPS) is 20.6. The van der Waals surface area contributed by atoms with Gasteiger partial charge in [0.2, 0.25) is 17.7 Å². The van der Waals surface area contributed by atoms with Crippen LogP contribution < -0.4 is 21.3 Å². The molecular formula is C28H33N5O3. The molecule has 0 aliphatic carbocycles. The lowest BCUT2D eigenvalue weighted by Crippen LogP contribution is -2.58. The summed E-state index contributed by atoms with van der Waals surface area (Å²) < 4.78 is 0. The SMILES string of the molecule is CC(C)(N)C(=O)N[C@H](Cc1c[nH]c2ccccc12)C(=O)N1CCC2(CCNC(=O)C2)c2ccccc21. The Labute approximate surface area is 210 Å². The molecule has 2 aromatic carbocycles. The van der Waals surface area contributed by atoms with Crippen LogP contribution in [0, 0.1) is 0 Å². The zero-order chi connectivity index (χ0) is 25.5. The van der Waals surface area contributed by atoms with E-state index in [0.29, 0.717) is 32.4 Å². The van der Waals surface area contributed by atoms with Crippen molar-refractivity contribution in [3.63, 3.8) is 0 Å². The number of aromatic amines is 1. The second kappa shape index (κ2) is 9.09. The second-order valence-electron chi connectivity index (χ2n) is 10.6. The van der Waals surface area contributed by atoms with E-state index in [0.717, 1.165) is 34.1 Å². The third-order valence-electron chi connectivity index (χ3n) is 7.56. The Kier molecular flexibility index (Phi) is 6.08. The first-order valence-electron chi connectivity index (χ1n) is 12.5. The van der Waals surface area contributed by atoms with Gasteiger partial charge in [-0.2, -0.15) is 0 Å². The van der Waals surface area contributed by atoms with E-state index in [9.17, 15) is 14.4 Å². The van der Waals surface area contributed by atoms with Crippen LogP contribution in [-0.2, 0) is 26.2 Å². The molecule has 1 spiro atoms. The first-order chi connectivity index (χ1) is 17.2. The fourth-order valence-electron chi connectivity index (χ4n) is 5.56. The molecule has 0 saturated carbocycles. The van der Waals surface area contributed by atoms with Gasteiger partial charge in [0.25, 0.3) is 0 Å². The first kappa shape index (κ1) is 24.1. The summed E-state index contributed by atoms with van der Waals surface area (Å²) in [5, 5.41) is 6.88. The summed E-state index contributed by atoms with van der Waals surface area (Å²) in [6.07, 6.45) is 4.18. The molecule has 1 aromatic heterocycles. The topological polar surface area (TPSA) is 120 Å². The Hall–Kier alpha value is -3.65. The molecule has 36 heavy (non-hydrogen) atoms. The van der Waals surface area contributed by atoms with Crippen molar-refractivity contribution in [1.29, 1.82) is 0 Å². The highest BCUT2D eigenvalue weighted by atomic mass is 16.2. The van der Waals surface area contributed by atoms with Crippen LogP contribution in [0.2, 0.25) is 0 Å². The van der Waals surface area contributed by atoms with Crippen molar-refractivity contribution in [3.8, 4) is 0 Å². The summed E-state index contributed by atoms with van der Waals surface area (Å²) in [6, 6.07) is 15.0. The van der Waals surface area contributed by atoms with Gasteiger partial charge in [-0.3, -0.25) is 14.4 Å². The van der Waals surface area contributed by atoms with Gasteiger partial charge in [0, 0.05) is 54.1 Å². The fourth-order valence-corrected chi connectivity index (χ4v) is 5.56. The predicted molar refractivity (Wildman–Crippen MR) is 140 cm³/mol. The molecule has 0 bridgehead atoms. The van der Waals surface area contributed by atoms with Crippen LogP contribution in [0.5, 0.6) is 0 Å². The minimum atomic E-state index is -1.13. The van der Waals surface area contributed by atoms with Crippen LogP contribution in [0.1, 0.15) is 44.2 Å². The van der Waals surface area contributed by atoms with Gasteiger partial charge >= 0.3 is 0 Å². The van der Waals surface area contributed by atoms with E-state index < -0.39 is 11.6 Å². The van der Waals surface area contributed by atoms with E-state index >= 15 is 0 Å². The molecule has 8 heteroatoms. The van der Waals surface area contributed by atoms with Gasteiger partial charge in [-0.15, -0.1) is 0 Å². The van der Waals surface area contributed by atoms with Crippen molar-refractivity contribution in [2.45, 2.75) is 56.5 Å². The number of piperidine rings is 1. The molecule has 188 valence electrons. The quantitative estimate of drug-likeness (QED) is 0.442. The van der Waals surface area contributed by atoms with Gasteiger partial charge in [0.05, 0.1) is 5.54 Å². The Morgan fingerprint density at radius 1 is 1.14 bits per heavy atom. The predicted octanol–water partition coefficient (Wildman–Crippen LogP) is 2.52. The minimum absolute atomic E-state index is 0.0467. The number of nitrogens with one attached hydrogen (secondary N) is 3. The molecular weight excluding hydrogens is 454 g/mol. The highest BCUT2D eigenvalue weighted by Crippen LogP contribution is 2.45. The molecule has 1 unspecified atom stereocenters. The molecule has 3 aromatic rings. The number of amides is 3. The molecule has 3 heterocycles. The number of anilines is 1. The molecule has 3 amide bonds. The highest BCUT2D eigenvalue weighted by Gasteiger charge is 2.44. The maximum absolute atomic E-state index is 14.1. The number of benzene rings is 2. The average molecular weight is 488 g/mol. The molecule has 2 aliphatic heterocycles. The summed E-state index contributed by atoms with van der Waals surface area (Å²) in [4.78, 5) is 44.4. The van der Waals surface area contributed by atoms with Gasteiger partial charge in [-0.05, 0) is 49.9 Å². The summed E-state index contributed by atoms with van der Waals surface area (Å²) in [5.41, 5.74) is 8.43. The molecule has 1 saturated heterocycles. The standard InChI is InChI=1S/C28H33N5O3/c1-27(2,29)26(36)32-22(15-18-17-31-21-9-5-3-7-19(18)21)25(35)33-14-12-28(11-13-30-24(34)16-28)20-8-4-6-10-23(20)33/h3-10,17,22,31H,11-16,29H2,1-2H3,(H,30,34)(H,32,36)/t22-,28?/m1/s1. The third kappa shape index (κ3) is 4.37. The molecule has 5 rings (SSSR count). The monoisotopic (exact) mass is 487 g/mol. The van der Waals surface area contributed by atoms with Crippen molar-refractivity contribution < 1.29 is 14.4 Å². The molecule has 2 atom stereocenters. The number of hydrogen-bond acceptors (Lipinski definition) is 4. The lowest BCUT2D eigenvalue weighted by Gasteiger charge is -2.45. The molecule has 5 N–H and O–H groups in total. The van der Waals surface area contributed by atoms with Gasteiger partial charge in [0.15, 0.2) is 0 Å². The molecule has 1 fully saturated rings. The lowest BCUT2D eigenvalue weighted by atomic mass is 9.68. The van der Waals surface area contributed by atoms with E-state index in [4.69, 9.17) is 5.73 Å². The van der Waals surface area contributed by atoms with Gasteiger partial charge in [0.1, 0.15) is 6.04 Å². The van der Waals surface area contributed by atoms with E-state index in [1.807, 2.05) is 54.7 Å². The number of carbonyl (C=O) groups is 3. The summed E-state index contributed by atoms with van der Waals surface area (Å²) >= 11 is 0. The van der Waals surface area contributed by atoms with Crippen LogP contribution in [0.15, 0.2) is 54.7 Å². The van der Waals surface area contributed by atoms with E-state index in [1.165, 1.54) is 0 Å². The van der Waals surface area contributed by atoms with Crippen molar-refractivity contribution in [2.75, 3.05) is 18.0 Å². The van der Waals surface area contributed by atoms with Gasteiger partial charge < -0.3 is 26.3 Å². The molecule has 0 radical (unpaired) electrons. The number of H-pyrrole nitrogens is 1. The van der Waals surface area contributed by atoms with Crippen molar-refractivity contribution in [1.82, 2.24) is 15.6 Å². The maximum atomic E-state index is 14.1. The van der Waals surface area contributed by atoms with Crippen molar-refractivity contribution >= 4 is 34.3 Å². The molecule has 2 aliphatic rings. The fraction of sp³-hybridized carbons (Fsp3) is 0.393. The van der Waals surface area contributed by atoms with E-state index in [-0.39, 0.29) is 23.1 Å². The van der Waals surface area contributed by atoms with E-state index in [1.54, 1.807) is 18.7 Å². The second-order valence-corrected chi connectivity index (χ2v) is 10.6. The van der Waals surface area contributed by atoms with Crippen molar-refractivity contribution in [2.24, 2.45) is 5.73 Å². The minimum Gasteiger partial charge on any atom is -0.361 e. The largest absolute Gasteiger partial charge is 0.361 e. The Bertz CT molecular complexity index is 1320. The summed E-state index contributed by atoms with van der Waals surface area (Å²) in [6.45, 7) is 4.37. The molecule has 8 nitrogen and oxygen atoms in total. The number of nitrogens with zero attached hydrogens (tertiary/aromatic N) is 1.